The molecule has 0 aliphatic carbocycles. The van der Waals surface area contributed by atoms with E-state index in [-0.39, 0.29) is 18.4 Å². The van der Waals surface area contributed by atoms with Crippen molar-refractivity contribution in [3.63, 3.8) is 0 Å². The molecule has 0 unspecified atom stereocenters. The average Bonchev–Trinajstić information content (AvgIpc) is 3.12. The molecule has 3 atom stereocenters. The Hall–Kier alpha value is -2.65. The summed E-state index contributed by atoms with van der Waals surface area (Å²) in [6.07, 6.45) is -1.60. The first-order valence-corrected chi connectivity index (χ1v) is 9.72. The normalized spacial score (nSPS) is 21.9. The molecule has 9 nitrogen and oxygen atoms in total. The number of benzene rings is 1. The lowest BCUT2D eigenvalue weighted by atomic mass is 9.72. The monoisotopic (exact) mass is 404 g/mol. The number of nitrogens with one attached hydrogen (secondary N) is 3. The first-order valence-electron chi connectivity index (χ1n) is 9.72. The quantitative estimate of drug-likeness (QED) is 0.509. The molecule has 0 aromatic heterocycles. The van der Waals surface area contributed by atoms with Crippen LogP contribution in [0.15, 0.2) is 30.3 Å². The van der Waals surface area contributed by atoms with Gasteiger partial charge in [0.1, 0.15) is 6.04 Å². The molecular weight excluding hydrogens is 376 g/mol. The van der Waals surface area contributed by atoms with Crippen LogP contribution in [0.25, 0.3) is 0 Å². The Morgan fingerprint density at radius 2 is 2.00 bits per heavy atom. The molecule has 1 spiro atoms. The summed E-state index contributed by atoms with van der Waals surface area (Å²) in [7, 11) is 1.50. The summed E-state index contributed by atoms with van der Waals surface area (Å²) in [5.41, 5.74) is 0.554. The third-order valence-electron chi connectivity index (χ3n) is 5.84. The number of carbonyl (C=O) groups excluding carboxylic acids is 2. The number of hydrogen-bond donors (Lipinski definition) is 4. The van der Waals surface area contributed by atoms with Crippen molar-refractivity contribution >= 4 is 17.9 Å². The minimum atomic E-state index is -1.03. The van der Waals surface area contributed by atoms with E-state index in [1.165, 1.54) is 11.9 Å². The van der Waals surface area contributed by atoms with Crippen molar-refractivity contribution in [3.8, 4) is 0 Å². The number of nitrogens with zero attached hydrogens (tertiary/aromatic N) is 1. The fourth-order valence-corrected chi connectivity index (χ4v) is 3.98. The van der Waals surface area contributed by atoms with Crippen molar-refractivity contribution < 1.29 is 24.2 Å². The molecule has 2 heterocycles. The molecule has 158 valence electrons. The highest BCUT2D eigenvalue weighted by atomic mass is 16.5. The Morgan fingerprint density at radius 1 is 1.31 bits per heavy atom. The van der Waals surface area contributed by atoms with E-state index in [0.717, 1.165) is 5.56 Å². The highest BCUT2D eigenvalue weighted by Crippen LogP contribution is 2.39. The zero-order chi connectivity index (χ0) is 21.0. The van der Waals surface area contributed by atoms with Crippen LogP contribution in [0, 0.1) is 11.3 Å². The van der Waals surface area contributed by atoms with Crippen LogP contribution in [0.3, 0.4) is 0 Å². The van der Waals surface area contributed by atoms with E-state index in [1.807, 2.05) is 30.3 Å². The zero-order valence-corrected chi connectivity index (χ0v) is 16.7. The number of amides is 3. The second-order valence-electron chi connectivity index (χ2n) is 7.78. The number of hydrogen-bond acceptors (Lipinski definition) is 5. The number of carboxylic acid groups (broad SMARTS) is 1. The molecule has 9 heteroatoms. The molecule has 2 saturated heterocycles. The molecule has 2 aliphatic heterocycles. The van der Waals surface area contributed by atoms with Gasteiger partial charge in [0, 0.05) is 38.6 Å². The van der Waals surface area contributed by atoms with Crippen molar-refractivity contribution in [1.82, 2.24) is 20.9 Å². The van der Waals surface area contributed by atoms with E-state index in [0.29, 0.717) is 26.2 Å². The van der Waals surface area contributed by atoms with Crippen LogP contribution in [0.5, 0.6) is 0 Å². The van der Waals surface area contributed by atoms with Gasteiger partial charge in [0.2, 0.25) is 11.8 Å². The van der Waals surface area contributed by atoms with Gasteiger partial charge in [0.25, 0.3) is 0 Å². The van der Waals surface area contributed by atoms with E-state index in [9.17, 15) is 19.5 Å². The second-order valence-corrected chi connectivity index (χ2v) is 7.78. The maximum absolute atomic E-state index is 13.0. The van der Waals surface area contributed by atoms with Gasteiger partial charge in [-0.25, -0.2) is 4.79 Å². The van der Waals surface area contributed by atoms with Gasteiger partial charge in [-0.15, -0.1) is 0 Å². The van der Waals surface area contributed by atoms with Crippen molar-refractivity contribution in [2.45, 2.75) is 25.7 Å². The highest BCUT2D eigenvalue weighted by molar-refractivity contribution is 5.89. The van der Waals surface area contributed by atoms with Crippen LogP contribution >= 0.6 is 0 Å². The number of rotatable bonds is 7. The van der Waals surface area contributed by atoms with Crippen molar-refractivity contribution in [2.24, 2.45) is 11.3 Å². The van der Waals surface area contributed by atoms with E-state index in [2.05, 4.69) is 16.0 Å². The molecule has 4 N–H and O–H groups in total. The van der Waals surface area contributed by atoms with Gasteiger partial charge in [-0.05, 0) is 12.5 Å². The first-order chi connectivity index (χ1) is 13.9. The molecule has 0 radical (unpaired) electrons. The predicted molar refractivity (Wildman–Crippen MR) is 105 cm³/mol. The maximum Gasteiger partial charge on any atom is 0.407 e. The molecular formula is C20H28N4O5. The standard InChI is InChI=1S/C20H28N4O5/c1-13(29-9-14-6-4-3-5-7-14)16(18(26)21-2)23-17(25)15-8-24(19(27)28)12-20(15)10-22-11-20/h3-7,13,15-16,22H,8-12H2,1-2H3,(H,21,26)(H,23,25)(H,27,28)/t13-,15-,16+/m1/s1. The van der Waals surface area contributed by atoms with E-state index in [4.69, 9.17) is 4.74 Å². The van der Waals surface area contributed by atoms with Crippen LogP contribution in [-0.4, -0.2) is 73.3 Å². The lowest BCUT2D eigenvalue weighted by molar-refractivity contribution is -0.137. The van der Waals surface area contributed by atoms with Crippen LogP contribution < -0.4 is 16.0 Å². The molecule has 3 rings (SSSR count). The minimum absolute atomic E-state index is 0.128. The number of likely N-dealkylation sites (N-methyl/N-ethyl adjacent to an activating group) is 1. The van der Waals surface area contributed by atoms with E-state index >= 15 is 0 Å². The summed E-state index contributed by atoms with van der Waals surface area (Å²) >= 11 is 0. The first kappa shape index (κ1) is 21.1. The highest BCUT2D eigenvalue weighted by Gasteiger charge is 2.55. The molecule has 3 amide bonds. The Morgan fingerprint density at radius 3 is 2.55 bits per heavy atom. The Kier molecular flexibility index (Phi) is 6.39. The summed E-state index contributed by atoms with van der Waals surface area (Å²) < 4.78 is 5.84. The molecule has 29 heavy (non-hydrogen) atoms. The fraction of sp³-hybridized carbons (Fsp3) is 0.550. The maximum atomic E-state index is 13.0. The number of likely N-dealkylation sites (tertiary alicyclic amines) is 1. The molecule has 1 aromatic rings. The molecule has 0 bridgehead atoms. The van der Waals surface area contributed by atoms with Crippen LogP contribution in [-0.2, 0) is 20.9 Å². The average molecular weight is 404 g/mol. The smallest absolute Gasteiger partial charge is 0.407 e. The van der Waals surface area contributed by atoms with Gasteiger partial charge in [-0.1, -0.05) is 30.3 Å². The van der Waals surface area contributed by atoms with Gasteiger partial charge in [0.05, 0.1) is 18.6 Å². The molecule has 0 saturated carbocycles. The third-order valence-corrected chi connectivity index (χ3v) is 5.84. The summed E-state index contributed by atoms with van der Waals surface area (Å²) in [6.45, 7) is 3.66. The van der Waals surface area contributed by atoms with Gasteiger partial charge in [-0.2, -0.15) is 0 Å². The lowest BCUT2D eigenvalue weighted by Gasteiger charge is -2.42. The molecule has 2 fully saturated rings. The van der Waals surface area contributed by atoms with Crippen LogP contribution in [0.4, 0.5) is 4.79 Å². The van der Waals surface area contributed by atoms with Crippen molar-refractivity contribution in [2.75, 3.05) is 33.2 Å². The van der Waals surface area contributed by atoms with Gasteiger partial charge >= 0.3 is 6.09 Å². The van der Waals surface area contributed by atoms with Gasteiger partial charge in [0.15, 0.2) is 0 Å². The lowest BCUT2D eigenvalue weighted by Crippen LogP contribution is -2.62. The summed E-state index contributed by atoms with van der Waals surface area (Å²) in [4.78, 5) is 38.1. The predicted octanol–water partition coefficient (Wildman–Crippen LogP) is 0.0219. The Bertz CT molecular complexity index is 752. The van der Waals surface area contributed by atoms with Crippen molar-refractivity contribution in [3.05, 3.63) is 35.9 Å². The Labute approximate surface area is 169 Å². The zero-order valence-electron chi connectivity index (χ0n) is 16.7. The third kappa shape index (κ3) is 4.51. The van der Waals surface area contributed by atoms with E-state index < -0.39 is 29.6 Å². The van der Waals surface area contributed by atoms with Gasteiger partial charge < -0.3 is 30.7 Å². The Balaban J connectivity index is 1.66. The SMILES string of the molecule is CNC(=O)[C@@H](NC(=O)[C@H]1CN(C(=O)O)CC12CNC2)[C@@H](C)OCc1ccccc1. The second kappa shape index (κ2) is 8.79. The van der Waals surface area contributed by atoms with Gasteiger partial charge in [-0.3, -0.25) is 9.59 Å². The largest absolute Gasteiger partial charge is 0.465 e. The molecule has 1 aromatic carbocycles. The molecule has 2 aliphatic rings. The number of carbonyl (C=O) groups is 3. The topological polar surface area (TPSA) is 120 Å². The van der Waals surface area contributed by atoms with Crippen LogP contribution in [0.1, 0.15) is 12.5 Å². The summed E-state index contributed by atoms with van der Waals surface area (Å²) in [6, 6.07) is 8.69. The fourth-order valence-electron chi connectivity index (χ4n) is 3.98. The van der Waals surface area contributed by atoms with Crippen LogP contribution in [0.2, 0.25) is 0 Å². The van der Waals surface area contributed by atoms with Crippen molar-refractivity contribution in [1.29, 1.82) is 0 Å². The van der Waals surface area contributed by atoms with E-state index in [1.54, 1.807) is 6.92 Å². The summed E-state index contributed by atoms with van der Waals surface area (Å²) in [5, 5.41) is 17.8. The number of ether oxygens (including phenoxy) is 1. The minimum Gasteiger partial charge on any atom is -0.465 e. The summed E-state index contributed by atoms with van der Waals surface area (Å²) in [5.74, 6) is -1.18.